The fourth-order valence-corrected chi connectivity index (χ4v) is 2.16. The molecule has 1 saturated heterocycles. The highest BCUT2D eigenvalue weighted by molar-refractivity contribution is 5.67. The van der Waals surface area contributed by atoms with Crippen molar-refractivity contribution in [2.75, 3.05) is 6.54 Å². The normalized spacial score (nSPS) is 26.4. The molecule has 1 aliphatic rings. The first-order chi connectivity index (χ1) is 7.25. The lowest BCUT2D eigenvalue weighted by Gasteiger charge is -2.28. The minimum Gasteiger partial charge on any atom is -0.481 e. The van der Waals surface area contributed by atoms with Gasteiger partial charge >= 0.3 is 5.97 Å². The molecule has 2 atom stereocenters. The number of rotatable bonds is 3. The van der Waals surface area contributed by atoms with E-state index >= 15 is 0 Å². The Hall–Kier alpha value is -1.36. The van der Waals surface area contributed by atoms with Crippen LogP contribution in [0.15, 0.2) is 12.4 Å². The Kier molecular flexibility index (Phi) is 3.01. The molecule has 0 saturated carbocycles. The Morgan fingerprint density at radius 2 is 2.53 bits per heavy atom. The Balaban J connectivity index is 1.95. The maximum atomic E-state index is 10.6. The quantitative estimate of drug-likeness (QED) is 0.685. The van der Waals surface area contributed by atoms with E-state index in [0.717, 1.165) is 19.4 Å². The molecule has 0 aromatic carbocycles. The van der Waals surface area contributed by atoms with E-state index in [1.54, 1.807) is 0 Å². The van der Waals surface area contributed by atoms with E-state index in [-0.39, 0.29) is 12.5 Å². The van der Waals surface area contributed by atoms with Crippen LogP contribution in [-0.4, -0.2) is 33.9 Å². The van der Waals surface area contributed by atoms with Crippen LogP contribution in [0.5, 0.6) is 0 Å². The van der Waals surface area contributed by atoms with Crippen LogP contribution in [0.1, 0.15) is 30.7 Å². The van der Waals surface area contributed by atoms with E-state index in [2.05, 4.69) is 15.5 Å². The van der Waals surface area contributed by atoms with Gasteiger partial charge in [-0.2, -0.15) is 5.10 Å². The first-order valence-electron chi connectivity index (χ1n) is 5.19. The monoisotopic (exact) mass is 209 g/mol. The number of aromatic nitrogens is 2. The molecular formula is C10H15N3O2. The molecule has 1 aromatic heterocycles. The summed E-state index contributed by atoms with van der Waals surface area (Å²) in [6, 6.07) is 0.0937. The summed E-state index contributed by atoms with van der Waals surface area (Å²) in [6.45, 7) is 0.883. The number of nitrogens with zero attached hydrogens (tertiary/aromatic N) is 1. The first kappa shape index (κ1) is 10.2. The van der Waals surface area contributed by atoms with Crippen LogP contribution in [-0.2, 0) is 4.79 Å². The molecule has 0 spiro atoms. The molecule has 0 radical (unpaired) electrons. The Morgan fingerprint density at radius 1 is 1.67 bits per heavy atom. The summed E-state index contributed by atoms with van der Waals surface area (Å²) in [5.74, 6) is -0.297. The fourth-order valence-electron chi connectivity index (χ4n) is 2.16. The molecule has 5 heteroatoms. The molecule has 82 valence electrons. The standard InChI is InChI=1S/C10H15N3O2/c14-10(15)4-9-3-7(1-2-11-9)8-5-12-13-6-8/h5-7,9,11H,1-4H2,(H,12,13)(H,14,15). The largest absolute Gasteiger partial charge is 0.481 e. The van der Waals surface area contributed by atoms with Gasteiger partial charge in [-0.05, 0) is 30.9 Å². The highest BCUT2D eigenvalue weighted by Gasteiger charge is 2.24. The second-order valence-corrected chi connectivity index (χ2v) is 4.00. The number of H-pyrrole nitrogens is 1. The molecule has 1 aliphatic heterocycles. The third-order valence-electron chi connectivity index (χ3n) is 2.91. The van der Waals surface area contributed by atoms with Gasteiger partial charge < -0.3 is 10.4 Å². The van der Waals surface area contributed by atoms with E-state index in [9.17, 15) is 4.79 Å². The summed E-state index contributed by atoms with van der Waals surface area (Å²) in [5, 5.41) is 18.7. The minimum absolute atomic E-state index is 0.0937. The molecule has 0 bridgehead atoms. The predicted molar refractivity (Wildman–Crippen MR) is 54.6 cm³/mol. The van der Waals surface area contributed by atoms with Gasteiger partial charge in [0.2, 0.25) is 0 Å². The molecule has 1 aromatic rings. The lowest BCUT2D eigenvalue weighted by Crippen LogP contribution is -2.38. The van der Waals surface area contributed by atoms with Crippen LogP contribution in [0.2, 0.25) is 0 Å². The van der Waals surface area contributed by atoms with Crippen molar-refractivity contribution in [1.82, 2.24) is 15.5 Å². The summed E-state index contributed by atoms with van der Waals surface area (Å²) in [7, 11) is 0. The number of carboxylic acids is 1. The second-order valence-electron chi connectivity index (χ2n) is 4.00. The number of nitrogens with one attached hydrogen (secondary N) is 2. The number of hydrogen-bond donors (Lipinski definition) is 3. The zero-order chi connectivity index (χ0) is 10.7. The summed E-state index contributed by atoms with van der Waals surface area (Å²) in [5.41, 5.74) is 1.19. The molecule has 15 heavy (non-hydrogen) atoms. The van der Waals surface area contributed by atoms with Crippen LogP contribution < -0.4 is 5.32 Å². The fraction of sp³-hybridized carbons (Fsp3) is 0.600. The van der Waals surface area contributed by atoms with Crippen LogP contribution >= 0.6 is 0 Å². The van der Waals surface area contributed by atoms with Gasteiger partial charge in [0, 0.05) is 12.2 Å². The highest BCUT2D eigenvalue weighted by atomic mass is 16.4. The van der Waals surface area contributed by atoms with Crippen molar-refractivity contribution in [3.63, 3.8) is 0 Å². The minimum atomic E-state index is -0.736. The van der Waals surface area contributed by atoms with Crippen molar-refractivity contribution in [1.29, 1.82) is 0 Å². The molecule has 0 aliphatic carbocycles. The summed E-state index contributed by atoms with van der Waals surface area (Å²) in [4.78, 5) is 10.6. The molecule has 0 amide bonds. The Morgan fingerprint density at radius 3 is 3.20 bits per heavy atom. The number of aliphatic carboxylic acids is 1. The van der Waals surface area contributed by atoms with Crippen molar-refractivity contribution >= 4 is 5.97 Å². The van der Waals surface area contributed by atoms with Gasteiger partial charge in [-0.1, -0.05) is 0 Å². The maximum absolute atomic E-state index is 10.6. The van der Waals surface area contributed by atoms with E-state index in [0.29, 0.717) is 5.92 Å². The third kappa shape index (κ3) is 2.56. The van der Waals surface area contributed by atoms with Gasteiger partial charge in [0.15, 0.2) is 0 Å². The lowest BCUT2D eigenvalue weighted by atomic mass is 9.87. The second kappa shape index (κ2) is 4.44. The van der Waals surface area contributed by atoms with E-state index in [1.165, 1.54) is 5.56 Å². The number of piperidine rings is 1. The summed E-state index contributed by atoms with van der Waals surface area (Å²) < 4.78 is 0. The highest BCUT2D eigenvalue weighted by Crippen LogP contribution is 2.27. The smallest absolute Gasteiger partial charge is 0.304 e. The average molecular weight is 209 g/mol. The van der Waals surface area contributed by atoms with Gasteiger partial charge in [-0.15, -0.1) is 0 Å². The molecule has 5 nitrogen and oxygen atoms in total. The van der Waals surface area contributed by atoms with Gasteiger partial charge in [-0.3, -0.25) is 9.89 Å². The van der Waals surface area contributed by atoms with Gasteiger partial charge in [0.25, 0.3) is 0 Å². The number of carbonyl (C=O) groups is 1. The van der Waals surface area contributed by atoms with Gasteiger partial charge in [0.05, 0.1) is 12.6 Å². The average Bonchev–Trinajstić information content (AvgIpc) is 2.69. The summed E-state index contributed by atoms with van der Waals surface area (Å²) >= 11 is 0. The third-order valence-corrected chi connectivity index (χ3v) is 2.91. The van der Waals surface area contributed by atoms with Crippen molar-refractivity contribution in [2.24, 2.45) is 0 Å². The maximum Gasteiger partial charge on any atom is 0.304 e. The number of carboxylic acid groups (broad SMARTS) is 1. The SMILES string of the molecule is O=C(O)CC1CC(c2cn[nH]c2)CCN1. The topological polar surface area (TPSA) is 78.0 Å². The molecule has 2 heterocycles. The van der Waals surface area contributed by atoms with Crippen molar-refractivity contribution in [2.45, 2.75) is 31.2 Å². The van der Waals surface area contributed by atoms with Gasteiger partial charge in [0.1, 0.15) is 0 Å². The van der Waals surface area contributed by atoms with E-state index in [4.69, 9.17) is 5.11 Å². The Labute approximate surface area is 87.9 Å². The van der Waals surface area contributed by atoms with Crippen molar-refractivity contribution in [3.8, 4) is 0 Å². The first-order valence-corrected chi connectivity index (χ1v) is 5.19. The van der Waals surface area contributed by atoms with Crippen LogP contribution in [0.4, 0.5) is 0 Å². The van der Waals surface area contributed by atoms with Crippen molar-refractivity contribution < 1.29 is 9.90 Å². The Bertz CT molecular complexity index is 323. The van der Waals surface area contributed by atoms with Crippen LogP contribution in [0.3, 0.4) is 0 Å². The van der Waals surface area contributed by atoms with Gasteiger partial charge in [-0.25, -0.2) is 0 Å². The number of hydrogen-bond acceptors (Lipinski definition) is 3. The van der Waals surface area contributed by atoms with Crippen LogP contribution in [0, 0.1) is 0 Å². The molecule has 3 N–H and O–H groups in total. The number of aromatic amines is 1. The van der Waals surface area contributed by atoms with Crippen LogP contribution in [0.25, 0.3) is 0 Å². The molecule has 1 fully saturated rings. The molecule has 2 rings (SSSR count). The zero-order valence-corrected chi connectivity index (χ0v) is 8.44. The molecular weight excluding hydrogens is 194 g/mol. The van der Waals surface area contributed by atoms with E-state index in [1.807, 2.05) is 12.4 Å². The molecule has 2 unspecified atom stereocenters. The lowest BCUT2D eigenvalue weighted by molar-refractivity contribution is -0.137. The predicted octanol–water partition coefficient (Wildman–Crippen LogP) is 0.720. The zero-order valence-electron chi connectivity index (χ0n) is 8.44. The van der Waals surface area contributed by atoms with E-state index < -0.39 is 5.97 Å². The summed E-state index contributed by atoms with van der Waals surface area (Å²) in [6.07, 6.45) is 5.86. The van der Waals surface area contributed by atoms with Crippen molar-refractivity contribution in [3.05, 3.63) is 18.0 Å².